The first-order valence-electron chi connectivity index (χ1n) is 5.81. The van der Waals surface area contributed by atoms with Crippen LogP contribution in [-0.4, -0.2) is 35.1 Å². The van der Waals surface area contributed by atoms with Gasteiger partial charge in [-0.3, -0.25) is 4.79 Å². The van der Waals surface area contributed by atoms with Gasteiger partial charge in [0.05, 0.1) is 13.2 Å². The van der Waals surface area contributed by atoms with Gasteiger partial charge < -0.3 is 21.1 Å². The molecule has 0 aromatic carbocycles. The zero-order chi connectivity index (χ0) is 13.5. The van der Waals surface area contributed by atoms with E-state index in [0.717, 1.165) is 0 Å². The second kappa shape index (κ2) is 6.63. The van der Waals surface area contributed by atoms with E-state index in [1.165, 1.54) is 6.33 Å². The minimum atomic E-state index is -0.124. The minimum absolute atomic E-state index is 0.0982. The van der Waals surface area contributed by atoms with Gasteiger partial charge in [0.15, 0.2) is 5.82 Å². The molecule has 0 saturated heterocycles. The highest BCUT2D eigenvalue weighted by Crippen LogP contribution is 2.23. The van der Waals surface area contributed by atoms with Gasteiger partial charge in [-0.25, -0.2) is 4.98 Å². The Balaban J connectivity index is 2.62. The van der Waals surface area contributed by atoms with Crippen molar-refractivity contribution in [2.75, 3.05) is 24.2 Å². The van der Waals surface area contributed by atoms with Gasteiger partial charge in [-0.1, -0.05) is 0 Å². The summed E-state index contributed by atoms with van der Waals surface area (Å²) in [5, 5.41) is 5.60. The summed E-state index contributed by atoms with van der Waals surface area (Å²) in [7, 11) is 0. The number of nitrogens with two attached hydrogens (primary N) is 1. The van der Waals surface area contributed by atoms with Crippen LogP contribution in [0.4, 0.5) is 11.5 Å². The van der Waals surface area contributed by atoms with Crippen molar-refractivity contribution in [3.63, 3.8) is 0 Å². The van der Waals surface area contributed by atoms with E-state index in [2.05, 4.69) is 20.6 Å². The van der Waals surface area contributed by atoms with Crippen LogP contribution in [0.3, 0.4) is 0 Å². The number of nitrogen functional groups attached to an aromatic ring is 1. The maximum atomic E-state index is 11.5. The molecule has 0 bridgehead atoms. The highest BCUT2D eigenvalue weighted by Gasteiger charge is 2.10. The Morgan fingerprint density at radius 3 is 2.83 bits per heavy atom. The predicted octanol–water partition coefficient (Wildman–Crippen LogP) is 0.394. The molecule has 100 valence electrons. The fourth-order valence-corrected chi connectivity index (χ4v) is 1.31. The Morgan fingerprint density at radius 1 is 1.50 bits per heavy atom. The highest BCUT2D eigenvalue weighted by molar-refractivity contribution is 5.82. The standard InChI is InChI=1S/C11H19N5O2/c1-4-18-11-9(12)10(14-6-15-11)13-5-8(17)16-7(2)3/h6-7H,4-5,12H2,1-3H3,(H,16,17)(H,13,14,15). The fraction of sp³-hybridized carbons (Fsp3) is 0.545. The van der Waals surface area contributed by atoms with Gasteiger partial charge in [0.2, 0.25) is 11.8 Å². The molecule has 1 amide bonds. The van der Waals surface area contributed by atoms with Crippen molar-refractivity contribution in [2.45, 2.75) is 26.8 Å². The first-order valence-corrected chi connectivity index (χ1v) is 5.81. The third kappa shape index (κ3) is 4.08. The van der Waals surface area contributed by atoms with Gasteiger partial charge >= 0.3 is 0 Å². The second-order valence-corrected chi connectivity index (χ2v) is 3.95. The molecular weight excluding hydrogens is 234 g/mol. The topological polar surface area (TPSA) is 102 Å². The number of nitrogens with one attached hydrogen (secondary N) is 2. The van der Waals surface area contributed by atoms with E-state index in [9.17, 15) is 4.79 Å². The first kappa shape index (κ1) is 14.0. The molecule has 0 aliphatic rings. The molecule has 0 radical (unpaired) electrons. The number of ether oxygens (including phenoxy) is 1. The molecule has 1 heterocycles. The van der Waals surface area contributed by atoms with Gasteiger partial charge in [-0.2, -0.15) is 4.98 Å². The summed E-state index contributed by atoms with van der Waals surface area (Å²) in [6, 6.07) is 0.0982. The van der Waals surface area contributed by atoms with Crippen molar-refractivity contribution in [3.8, 4) is 5.88 Å². The molecule has 0 fully saturated rings. The molecule has 1 aromatic heterocycles. The Bertz CT molecular complexity index is 408. The minimum Gasteiger partial charge on any atom is -0.476 e. The molecule has 0 aliphatic carbocycles. The molecule has 0 aliphatic heterocycles. The lowest BCUT2D eigenvalue weighted by atomic mass is 10.4. The van der Waals surface area contributed by atoms with Crippen molar-refractivity contribution < 1.29 is 9.53 Å². The normalized spacial score (nSPS) is 10.2. The van der Waals surface area contributed by atoms with Crippen LogP contribution in [0.15, 0.2) is 6.33 Å². The summed E-state index contributed by atoms with van der Waals surface area (Å²) < 4.78 is 5.23. The molecule has 18 heavy (non-hydrogen) atoms. The van der Waals surface area contributed by atoms with Crippen LogP contribution in [0.1, 0.15) is 20.8 Å². The lowest BCUT2D eigenvalue weighted by Gasteiger charge is -2.12. The quantitative estimate of drug-likeness (QED) is 0.678. The van der Waals surface area contributed by atoms with Crippen LogP contribution >= 0.6 is 0 Å². The molecular formula is C11H19N5O2. The first-order chi connectivity index (χ1) is 8.54. The van der Waals surface area contributed by atoms with Gasteiger partial charge in [0.1, 0.15) is 12.0 Å². The van der Waals surface area contributed by atoms with Crippen LogP contribution in [0.2, 0.25) is 0 Å². The molecule has 0 spiro atoms. The molecule has 0 unspecified atom stereocenters. The van der Waals surface area contributed by atoms with E-state index in [1.54, 1.807) is 0 Å². The van der Waals surface area contributed by atoms with Crippen molar-refractivity contribution in [3.05, 3.63) is 6.33 Å². The van der Waals surface area contributed by atoms with Crippen LogP contribution in [0.25, 0.3) is 0 Å². The number of carbonyl (C=O) groups excluding carboxylic acids is 1. The summed E-state index contributed by atoms with van der Waals surface area (Å²) in [6.07, 6.45) is 1.34. The smallest absolute Gasteiger partial charge is 0.242 e. The van der Waals surface area contributed by atoms with E-state index in [0.29, 0.717) is 24.0 Å². The van der Waals surface area contributed by atoms with Gasteiger partial charge in [-0.05, 0) is 20.8 Å². The Morgan fingerprint density at radius 2 is 2.22 bits per heavy atom. The largest absolute Gasteiger partial charge is 0.476 e. The number of rotatable bonds is 6. The zero-order valence-electron chi connectivity index (χ0n) is 10.9. The summed E-state index contributed by atoms with van der Waals surface area (Å²) in [6.45, 7) is 6.19. The number of hydrogen-bond donors (Lipinski definition) is 3. The average Bonchev–Trinajstić information content (AvgIpc) is 2.29. The molecule has 7 nitrogen and oxygen atoms in total. The van der Waals surface area contributed by atoms with Crippen molar-refractivity contribution >= 4 is 17.4 Å². The van der Waals surface area contributed by atoms with Gasteiger partial charge in [0, 0.05) is 6.04 Å². The number of anilines is 2. The Kier molecular flexibility index (Phi) is 5.16. The lowest BCUT2D eigenvalue weighted by Crippen LogP contribution is -2.35. The zero-order valence-corrected chi connectivity index (χ0v) is 10.9. The number of amides is 1. The van der Waals surface area contributed by atoms with Crippen molar-refractivity contribution in [2.24, 2.45) is 0 Å². The molecule has 4 N–H and O–H groups in total. The third-order valence-corrected chi connectivity index (χ3v) is 1.99. The predicted molar refractivity (Wildman–Crippen MR) is 69.4 cm³/mol. The Labute approximate surface area is 106 Å². The van der Waals surface area contributed by atoms with E-state index in [-0.39, 0.29) is 18.5 Å². The number of hydrogen-bond acceptors (Lipinski definition) is 6. The van der Waals surface area contributed by atoms with E-state index in [1.807, 2.05) is 20.8 Å². The van der Waals surface area contributed by atoms with Crippen LogP contribution in [0, 0.1) is 0 Å². The number of carbonyl (C=O) groups is 1. The van der Waals surface area contributed by atoms with Gasteiger partial charge in [-0.15, -0.1) is 0 Å². The van der Waals surface area contributed by atoms with E-state index >= 15 is 0 Å². The summed E-state index contributed by atoms with van der Waals surface area (Å²) in [5.41, 5.74) is 6.12. The van der Waals surface area contributed by atoms with Crippen molar-refractivity contribution in [1.82, 2.24) is 15.3 Å². The van der Waals surface area contributed by atoms with Crippen LogP contribution < -0.4 is 21.1 Å². The highest BCUT2D eigenvalue weighted by atomic mass is 16.5. The molecule has 0 atom stereocenters. The monoisotopic (exact) mass is 253 g/mol. The van der Waals surface area contributed by atoms with Crippen LogP contribution in [0.5, 0.6) is 5.88 Å². The summed E-state index contributed by atoms with van der Waals surface area (Å²) in [5.74, 6) is 0.590. The maximum absolute atomic E-state index is 11.5. The van der Waals surface area contributed by atoms with Crippen molar-refractivity contribution in [1.29, 1.82) is 0 Å². The summed E-state index contributed by atoms with van der Waals surface area (Å²) >= 11 is 0. The van der Waals surface area contributed by atoms with E-state index < -0.39 is 0 Å². The Hall–Kier alpha value is -2.05. The van der Waals surface area contributed by atoms with E-state index in [4.69, 9.17) is 10.5 Å². The summed E-state index contributed by atoms with van der Waals surface area (Å²) in [4.78, 5) is 19.3. The molecule has 0 saturated carbocycles. The average molecular weight is 253 g/mol. The lowest BCUT2D eigenvalue weighted by molar-refractivity contribution is -0.119. The SMILES string of the molecule is CCOc1ncnc(NCC(=O)NC(C)C)c1N. The molecule has 1 aromatic rings. The number of nitrogens with zero attached hydrogens (tertiary/aromatic N) is 2. The maximum Gasteiger partial charge on any atom is 0.242 e. The molecule has 7 heteroatoms. The van der Waals surface area contributed by atoms with Gasteiger partial charge in [0.25, 0.3) is 0 Å². The molecule has 1 rings (SSSR count). The second-order valence-electron chi connectivity index (χ2n) is 3.95. The van der Waals surface area contributed by atoms with Crippen LogP contribution in [-0.2, 0) is 4.79 Å². The number of aromatic nitrogens is 2. The fourth-order valence-electron chi connectivity index (χ4n) is 1.31. The third-order valence-electron chi connectivity index (χ3n) is 1.99.